The summed E-state index contributed by atoms with van der Waals surface area (Å²) in [5, 5.41) is 61.2. The number of nitrogens with one attached hydrogen (secondary N) is 9. The molecule has 82 heavy (non-hydrogen) atoms. The van der Waals surface area contributed by atoms with Crippen molar-refractivity contribution in [1.29, 1.82) is 0 Å². The van der Waals surface area contributed by atoms with Gasteiger partial charge in [-0.2, -0.15) is 25.3 Å². The molecule has 9 amide bonds. The molecule has 0 aliphatic heterocycles. The second kappa shape index (κ2) is 39.0. The van der Waals surface area contributed by atoms with Gasteiger partial charge in [-0.05, 0) is 77.3 Å². The Morgan fingerprint density at radius 1 is 0.524 bits per heavy atom. The van der Waals surface area contributed by atoms with E-state index in [9.17, 15) is 73.2 Å². The first kappa shape index (κ1) is 72.5. The average Bonchev–Trinajstić information content (AvgIpc) is 3.43. The molecule has 0 aromatic heterocycles. The molecule has 1 rings (SSSR count). The van der Waals surface area contributed by atoms with Crippen LogP contribution in [0.3, 0.4) is 0 Å². The molecule has 0 aliphatic rings. The number of carbonyl (C=O) groups excluding carboxylic acids is 9. The summed E-state index contributed by atoms with van der Waals surface area (Å²) < 4.78 is 0. The van der Waals surface area contributed by atoms with Gasteiger partial charge in [0, 0.05) is 37.4 Å². The summed E-state index contributed by atoms with van der Waals surface area (Å²) in [6.45, 7) is 1.53. The lowest BCUT2D eigenvalue weighted by Gasteiger charge is -2.27. The van der Waals surface area contributed by atoms with E-state index in [0.717, 1.165) is 0 Å². The maximum atomic E-state index is 14.1. The second-order valence-electron chi connectivity index (χ2n) is 18.7. The summed E-state index contributed by atoms with van der Waals surface area (Å²) in [5.41, 5.74) is 33.7. The van der Waals surface area contributed by atoms with Crippen LogP contribution in [0, 0.1) is 0 Å². The molecule has 0 unspecified atom stereocenters. The van der Waals surface area contributed by atoms with Crippen molar-refractivity contribution in [3.63, 3.8) is 0 Å². The number of carbonyl (C=O) groups is 11. The molecule has 0 saturated carbocycles. The van der Waals surface area contributed by atoms with Crippen LogP contribution in [-0.2, 0) is 59.2 Å². The van der Waals surface area contributed by atoms with Gasteiger partial charge in [-0.25, -0.2) is 4.79 Å². The summed E-state index contributed by atoms with van der Waals surface area (Å²) >= 11 is 7.88. The number of amides is 9. The van der Waals surface area contributed by atoms with Gasteiger partial charge in [0.2, 0.25) is 53.2 Å². The van der Waals surface area contributed by atoms with Gasteiger partial charge < -0.3 is 103 Å². The first-order valence-corrected chi connectivity index (χ1v) is 27.2. The zero-order chi connectivity index (χ0) is 62.1. The fourth-order valence-corrected chi connectivity index (χ4v) is 7.74. The smallest absolute Gasteiger partial charge is 0.327 e. The SMILES string of the molecule is C[C@H](NC(=O)[C@H](Cc1ccccc1)NC(=O)[C@H](CO)NC(=O)[C@H](CCCN=C(N)N)NC(=O)[C@@H](NC(=O)[C@@H](N)CS)[C@@H](C)O)C(=O)N[C@@H](CCCN=C(N)N)C(=O)N[C@@H](CCCCN)C(=O)N[C@@H](CCC(=O)O)C(=O)N[C@@H](CS)C(=O)O. The Morgan fingerprint density at radius 3 is 1.39 bits per heavy atom. The Hall–Kier alpha value is -7.53. The maximum absolute atomic E-state index is 14.1. The summed E-state index contributed by atoms with van der Waals surface area (Å²) in [4.78, 5) is 154. The van der Waals surface area contributed by atoms with E-state index in [1.807, 2.05) is 0 Å². The molecule has 0 heterocycles. The molecule has 0 radical (unpaired) electrons. The number of hydrogen-bond donors (Lipinski definition) is 21. The predicted molar refractivity (Wildman–Crippen MR) is 305 cm³/mol. The summed E-state index contributed by atoms with van der Waals surface area (Å²) in [5.74, 6) is -12.7. The lowest BCUT2D eigenvalue weighted by molar-refractivity contribution is -0.142. The quantitative estimate of drug-likeness (QED) is 0.0126. The molecule has 0 bridgehead atoms. The molecule has 0 aliphatic carbocycles. The summed E-state index contributed by atoms with van der Waals surface area (Å²) in [7, 11) is 0. The van der Waals surface area contributed by atoms with Crippen molar-refractivity contribution in [2.75, 3.05) is 37.7 Å². The van der Waals surface area contributed by atoms with Gasteiger partial charge in [0.25, 0.3) is 0 Å². The van der Waals surface area contributed by atoms with Crippen molar-refractivity contribution < 1.29 is 73.2 Å². The predicted octanol–water partition coefficient (Wildman–Crippen LogP) is -7.64. The third-order valence-corrected chi connectivity index (χ3v) is 12.7. The Kier molecular flexibility index (Phi) is 34.5. The van der Waals surface area contributed by atoms with E-state index in [1.165, 1.54) is 13.8 Å². The molecule has 1 aromatic rings. The van der Waals surface area contributed by atoms with E-state index >= 15 is 0 Å². The number of aliphatic carboxylic acids is 2. The lowest BCUT2D eigenvalue weighted by atomic mass is 10.0. The molecule has 11 atom stereocenters. The number of aliphatic imine (C=N–C) groups is 2. The van der Waals surface area contributed by atoms with Crippen molar-refractivity contribution in [2.45, 2.75) is 145 Å². The summed E-state index contributed by atoms with van der Waals surface area (Å²) in [6.07, 6.45) is -2.49. The van der Waals surface area contributed by atoms with Crippen LogP contribution < -0.4 is 82.3 Å². The number of thiol groups is 2. The number of aliphatic hydroxyl groups excluding tert-OH is 2. The number of unbranched alkanes of at least 4 members (excludes halogenated alkanes) is 1. The average molecular weight is 1200 g/mol. The number of hydrogen-bond acceptors (Lipinski definition) is 19. The van der Waals surface area contributed by atoms with Crippen LogP contribution in [0.15, 0.2) is 40.3 Å². The Labute approximate surface area is 484 Å². The van der Waals surface area contributed by atoms with Crippen LogP contribution >= 0.6 is 25.3 Å². The van der Waals surface area contributed by atoms with Crippen molar-refractivity contribution in [1.82, 2.24) is 47.9 Å². The molecular weight excluding hydrogens is 1120 g/mol. The molecule has 1 aromatic carbocycles. The molecule has 0 fully saturated rings. The highest BCUT2D eigenvalue weighted by molar-refractivity contribution is 7.80. The zero-order valence-corrected chi connectivity index (χ0v) is 47.4. The molecular formula is C48H81N17O15S2. The minimum absolute atomic E-state index is 0.0205. The first-order chi connectivity index (χ1) is 38.7. The highest BCUT2D eigenvalue weighted by Crippen LogP contribution is 2.10. The third kappa shape index (κ3) is 28.3. The third-order valence-electron chi connectivity index (χ3n) is 11.9. The van der Waals surface area contributed by atoms with E-state index in [1.54, 1.807) is 30.3 Å². The normalized spacial score (nSPS) is 14.9. The number of carboxylic acid groups (broad SMARTS) is 2. The minimum Gasteiger partial charge on any atom is -0.481 e. The van der Waals surface area contributed by atoms with Crippen LogP contribution in [0.5, 0.6) is 0 Å². The van der Waals surface area contributed by atoms with Gasteiger partial charge in [-0.3, -0.25) is 57.9 Å². The van der Waals surface area contributed by atoms with Gasteiger partial charge in [0.05, 0.1) is 18.8 Å². The summed E-state index contributed by atoms with van der Waals surface area (Å²) in [6, 6.07) is -6.84. The van der Waals surface area contributed by atoms with Crippen LogP contribution in [-0.4, -0.2) is 202 Å². The fourth-order valence-electron chi connectivity index (χ4n) is 7.33. The number of aliphatic hydroxyl groups is 2. The van der Waals surface area contributed by atoms with Gasteiger partial charge in [0.15, 0.2) is 11.9 Å². The number of guanidine groups is 2. The van der Waals surface area contributed by atoms with Gasteiger partial charge in [0.1, 0.15) is 54.4 Å². The van der Waals surface area contributed by atoms with Gasteiger partial charge >= 0.3 is 11.9 Å². The van der Waals surface area contributed by atoms with Crippen LogP contribution in [0.1, 0.15) is 77.2 Å². The Bertz CT molecular complexity index is 2350. The largest absolute Gasteiger partial charge is 0.481 e. The lowest BCUT2D eigenvalue weighted by Crippen LogP contribution is -2.61. The van der Waals surface area contributed by atoms with Crippen molar-refractivity contribution >= 4 is 102 Å². The van der Waals surface area contributed by atoms with Crippen molar-refractivity contribution in [3.8, 4) is 0 Å². The molecule has 25 N–H and O–H groups in total. The zero-order valence-electron chi connectivity index (χ0n) is 45.6. The highest BCUT2D eigenvalue weighted by Gasteiger charge is 2.36. The Balaban J connectivity index is 3.53. The van der Waals surface area contributed by atoms with Gasteiger partial charge in [-0.1, -0.05) is 30.3 Å². The second-order valence-corrected chi connectivity index (χ2v) is 19.4. The van der Waals surface area contributed by atoms with E-state index in [-0.39, 0.29) is 88.0 Å². The van der Waals surface area contributed by atoms with E-state index < -0.39 is 151 Å². The van der Waals surface area contributed by atoms with Crippen LogP contribution in [0.4, 0.5) is 0 Å². The minimum atomic E-state index is -1.79. The van der Waals surface area contributed by atoms with Crippen molar-refractivity contribution in [3.05, 3.63) is 35.9 Å². The van der Waals surface area contributed by atoms with Gasteiger partial charge in [-0.15, -0.1) is 0 Å². The highest BCUT2D eigenvalue weighted by atomic mass is 32.1. The molecule has 34 heteroatoms. The van der Waals surface area contributed by atoms with Crippen LogP contribution in [0.2, 0.25) is 0 Å². The van der Waals surface area contributed by atoms with E-state index in [2.05, 4.69) is 83.1 Å². The van der Waals surface area contributed by atoms with Crippen LogP contribution in [0.25, 0.3) is 0 Å². The number of carboxylic acids is 2. The maximum Gasteiger partial charge on any atom is 0.327 e. The number of nitrogens with zero attached hydrogens (tertiary/aromatic N) is 2. The number of rotatable bonds is 40. The number of benzene rings is 1. The Morgan fingerprint density at radius 2 is 0.951 bits per heavy atom. The van der Waals surface area contributed by atoms with E-state index in [0.29, 0.717) is 12.0 Å². The molecule has 32 nitrogen and oxygen atoms in total. The molecule has 0 spiro atoms. The topological polar surface area (TPSA) is 558 Å². The molecule has 0 saturated heterocycles. The standard InChI is InChI=1S/C48H81N17O15S2/c1-24(37(70)58-29(13-8-18-55-47(51)52)40(73)59-28(12-6-7-17-49)39(72)60-31(15-16-35(68)69)42(75)64-34(23-82)46(79)80)57-43(76)32(20-26-10-4-3-5-11-26)62-44(77)33(21-66)63-41(74)30(14-9-19-56-48(53)54)61-45(78)36(25(2)67)65-38(71)27(50)22-81/h3-5,10-11,24-25,27-34,36,66-67,81-82H,6-9,12-23,49-50H2,1-2H3,(H,57,76)(H,58,70)(H,59,73)(H,60,72)(H,61,78)(H,62,77)(H,63,74)(H,64,75)(H,65,71)(H,68,69)(H,79,80)(H4,51,52,55)(H4,53,54,56)/t24-,25+,27-,28-,29-,30-,31-,32-,33-,34-,36-/m0/s1. The van der Waals surface area contributed by atoms with Crippen molar-refractivity contribution in [2.24, 2.45) is 44.4 Å². The number of nitrogens with two attached hydrogens (primary N) is 6. The van der Waals surface area contributed by atoms with E-state index in [4.69, 9.17) is 34.4 Å². The fraction of sp³-hybridized carbons (Fsp3) is 0.604. The first-order valence-electron chi connectivity index (χ1n) is 26.0. The molecule has 460 valence electrons. The monoisotopic (exact) mass is 1200 g/mol.